The maximum atomic E-state index is 10.7. The summed E-state index contributed by atoms with van der Waals surface area (Å²) in [5.41, 5.74) is 6.28. The number of nitrogens with one attached hydrogen (secondary N) is 1. The Morgan fingerprint density at radius 2 is 2.16 bits per heavy atom. The predicted octanol–water partition coefficient (Wildman–Crippen LogP) is 1.26. The van der Waals surface area contributed by atoms with Gasteiger partial charge in [-0.3, -0.25) is 4.79 Å². The normalized spacial score (nSPS) is 16.2. The summed E-state index contributed by atoms with van der Waals surface area (Å²) in [4.78, 5) is 13.9. The van der Waals surface area contributed by atoms with E-state index in [1.54, 1.807) is 6.92 Å². The number of nitrogens with two attached hydrogens (primary N) is 1. The van der Waals surface area contributed by atoms with Crippen LogP contribution >= 0.6 is 0 Å². The number of aromatic nitrogens is 1. The number of rotatable bonds is 5. The number of fused-ring (bicyclic) bond motifs is 1. The van der Waals surface area contributed by atoms with Crippen molar-refractivity contribution in [2.75, 3.05) is 0 Å². The van der Waals surface area contributed by atoms with Gasteiger partial charge < -0.3 is 20.9 Å². The molecule has 0 radical (unpaired) electrons. The zero-order valence-corrected chi connectivity index (χ0v) is 10.8. The van der Waals surface area contributed by atoms with Crippen LogP contribution in [0, 0.1) is 0 Å². The zero-order chi connectivity index (χ0) is 14.0. The summed E-state index contributed by atoms with van der Waals surface area (Å²) in [5.74, 6) is -1.10. The third-order valence-corrected chi connectivity index (χ3v) is 3.22. The van der Waals surface area contributed by atoms with Crippen LogP contribution in [0.25, 0.3) is 10.9 Å². The molecule has 0 saturated carbocycles. The van der Waals surface area contributed by atoms with Gasteiger partial charge in [0.2, 0.25) is 0 Å². The molecule has 0 aliphatic heterocycles. The molecule has 5 nitrogen and oxygen atoms in total. The monoisotopic (exact) mass is 262 g/mol. The molecule has 1 aromatic heterocycles. The van der Waals surface area contributed by atoms with Crippen LogP contribution < -0.4 is 5.73 Å². The van der Waals surface area contributed by atoms with Crippen LogP contribution in [0.4, 0.5) is 0 Å². The highest BCUT2D eigenvalue weighted by Gasteiger charge is 2.28. The van der Waals surface area contributed by atoms with E-state index >= 15 is 0 Å². The molecule has 0 aliphatic carbocycles. The molecule has 19 heavy (non-hydrogen) atoms. The van der Waals surface area contributed by atoms with E-state index in [-0.39, 0.29) is 6.42 Å². The van der Waals surface area contributed by atoms with E-state index in [1.807, 2.05) is 30.5 Å². The maximum Gasteiger partial charge on any atom is 0.320 e. The molecule has 0 spiro atoms. The SMILES string of the molecule is C[C@](O)(Cc1c[nH]c2ccccc12)C[C@@H](N)C(=O)O. The smallest absolute Gasteiger partial charge is 0.320 e. The van der Waals surface area contributed by atoms with Gasteiger partial charge in [0.1, 0.15) is 6.04 Å². The number of hydrogen-bond donors (Lipinski definition) is 4. The molecule has 0 unspecified atom stereocenters. The molecular weight excluding hydrogens is 244 g/mol. The van der Waals surface area contributed by atoms with Crippen molar-refractivity contribution in [2.24, 2.45) is 5.73 Å². The topological polar surface area (TPSA) is 99.3 Å². The molecule has 5 N–H and O–H groups in total. The number of aromatic amines is 1. The molecule has 2 atom stereocenters. The number of H-pyrrole nitrogens is 1. The van der Waals surface area contributed by atoms with Crippen molar-refractivity contribution < 1.29 is 15.0 Å². The van der Waals surface area contributed by atoms with E-state index in [9.17, 15) is 9.90 Å². The van der Waals surface area contributed by atoms with E-state index in [0.717, 1.165) is 16.5 Å². The molecule has 102 valence electrons. The number of hydrogen-bond acceptors (Lipinski definition) is 3. The Kier molecular flexibility index (Phi) is 3.59. The minimum atomic E-state index is -1.15. The molecule has 0 bridgehead atoms. The van der Waals surface area contributed by atoms with Crippen LogP contribution in [0.5, 0.6) is 0 Å². The molecule has 0 aliphatic rings. The van der Waals surface area contributed by atoms with Crippen molar-refractivity contribution in [3.63, 3.8) is 0 Å². The minimum absolute atomic E-state index is 0.0157. The first kappa shape index (κ1) is 13.6. The molecule has 2 aromatic rings. The predicted molar refractivity (Wildman–Crippen MR) is 72.9 cm³/mol. The Morgan fingerprint density at radius 3 is 2.84 bits per heavy atom. The first-order chi connectivity index (χ1) is 8.89. The molecule has 1 aromatic carbocycles. The van der Waals surface area contributed by atoms with Gasteiger partial charge in [-0.1, -0.05) is 18.2 Å². The van der Waals surface area contributed by atoms with Crippen molar-refractivity contribution in [3.8, 4) is 0 Å². The molecule has 5 heteroatoms. The second kappa shape index (κ2) is 5.03. The van der Waals surface area contributed by atoms with E-state index in [4.69, 9.17) is 10.8 Å². The number of aliphatic hydroxyl groups is 1. The highest BCUT2D eigenvalue weighted by molar-refractivity contribution is 5.83. The standard InChI is InChI=1S/C14H18N2O3/c1-14(19,7-11(15)13(17)18)6-9-8-16-12-5-3-2-4-10(9)12/h2-5,8,11,16,19H,6-7,15H2,1H3,(H,17,18)/t11-,14+/m1/s1. The van der Waals surface area contributed by atoms with E-state index in [2.05, 4.69) is 4.98 Å². The molecule has 0 amide bonds. The summed E-state index contributed by atoms with van der Waals surface area (Å²) in [6.07, 6.45) is 2.21. The van der Waals surface area contributed by atoms with Crippen LogP contribution in [-0.4, -0.2) is 32.8 Å². The largest absolute Gasteiger partial charge is 0.480 e. The van der Waals surface area contributed by atoms with Crippen molar-refractivity contribution in [2.45, 2.75) is 31.4 Å². The fourth-order valence-electron chi connectivity index (χ4n) is 2.32. The Balaban J connectivity index is 2.17. The lowest BCUT2D eigenvalue weighted by molar-refractivity contribution is -0.140. The summed E-state index contributed by atoms with van der Waals surface area (Å²) in [7, 11) is 0. The molecule has 0 fully saturated rings. The van der Waals surface area contributed by atoms with Crippen molar-refractivity contribution in [1.82, 2.24) is 4.98 Å². The van der Waals surface area contributed by atoms with Gasteiger partial charge in [-0.05, 0) is 18.6 Å². The lowest BCUT2D eigenvalue weighted by atomic mass is 9.90. The van der Waals surface area contributed by atoms with E-state index in [1.165, 1.54) is 0 Å². The van der Waals surface area contributed by atoms with Gasteiger partial charge in [-0.25, -0.2) is 0 Å². The third-order valence-electron chi connectivity index (χ3n) is 3.22. The van der Waals surface area contributed by atoms with Crippen LogP contribution in [0.2, 0.25) is 0 Å². The van der Waals surface area contributed by atoms with Gasteiger partial charge in [0.05, 0.1) is 5.60 Å². The average molecular weight is 262 g/mol. The zero-order valence-electron chi connectivity index (χ0n) is 10.8. The summed E-state index contributed by atoms with van der Waals surface area (Å²) < 4.78 is 0. The minimum Gasteiger partial charge on any atom is -0.480 e. The van der Waals surface area contributed by atoms with Crippen molar-refractivity contribution in [1.29, 1.82) is 0 Å². The number of carboxylic acid groups (broad SMARTS) is 1. The van der Waals surface area contributed by atoms with Crippen LogP contribution in [0.1, 0.15) is 18.9 Å². The number of aliphatic carboxylic acids is 1. The fourth-order valence-corrected chi connectivity index (χ4v) is 2.32. The number of para-hydroxylation sites is 1. The van der Waals surface area contributed by atoms with Gasteiger partial charge in [0.25, 0.3) is 0 Å². The van der Waals surface area contributed by atoms with Crippen LogP contribution in [0.15, 0.2) is 30.5 Å². The molecular formula is C14H18N2O3. The maximum absolute atomic E-state index is 10.7. The lowest BCUT2D eigenvalue weighted by Gasteiger charge is -2.24. The Hall–Kier alpha value is -1.85. The molecule has 1 heterocycles. The third kappa shape index (κ3) is 3.13. The first-order valence-corrected chi connectivity index (χ1v) is 6.15. The van der Waals surface area contributed by atoms with Crippen LogP contribution in [-0.2, 0) is 11.2 Å². The van der Waals surface area contributed by atoms with Crippen molar-refractivity contribution in [3.05, 3.63) is 36.0 Å². The highest BCUT2D eigenvalue weighted by atomic mass is 16.4. The summed E-state index contributed by atoms with van der Waals surface area (Å²) >= 11 is 0. The van der Waals surface area contributed by atoms with Gasteiger partial charge >= 0.3 is 5.97 Å². The van der Waals surface area contributed by atoms with Gasteiger partial charge in [-0.15, -0.1) is 0 Å². The number of carbonyl (C=O) groups is 1. The second-order valence-electron chi connectivity index (χ2n) is 5.18. The van der Waals surface area contributed by atoms with Crippen LogP contribution in [0.3, 0.4) is 0 Å². The van der Waals surface area contributed by atoms with Gasteiger partial charge in [0.15, 0.2) is 0 Å². The Bertz CT molecular complexity index is 589. The lowest BCUT2D eigenvalue weighted by Crippen LogP contribution is -2.40. The average Bonchev–Trinajstić information content (AvgIpc) is 2.71. The second-order valence-corrected chi connectivity index (χ2v) is 5.18. The Morgan fingerprint density at radius 1 is 1.47 bits per heavy atom. The number of carboxylic acids is 1. The van der Waals surface area contributed by atoms with Crippen molar-refractivity contribution >= 4 is 16.9 Å². The fraction of sp³-hybridized carbons (Fsp3) is 0.357. The van der Waals surface area contributed by atoms with Gasteiger partial charge in [-0.2, -0.15) is 0 Å². The van der Waals surface area contributed by atoms with Gasteiger partial charge in [0, 0.05) is 29.9 Å². The Labute approximate surface area is 111 Å². The highest BCUT2D eigenvalue weighted by Crippen LogP contribution is 2.24. The molecule has 0 saturated heterocycles. The first-order valence-electron chi connectivity index (χ1n) is 6.15. The van der Waals surface area contributed by atoms with E-state index in [0.29, 0.717) is 6.42 Å². The quantitative estimate of drug-likeness (QED) is 0.652. The summed E-state index contributed by atoms with van der Waals surface area (Å²) in [6, 6.07) is 6.73. The summed E-state index contributed by atoms with van der Waals surface area (Å²) in [6.45, 7) is 1.61. The molecule has 2 rings (SSSR count). The number of benzene rings is 1. The van der Waals surface area contributed by atoms with E-state index < -0.39 is 17.6 Å². The summed E-state index contributed by atoms with van der Waals surface area (Å²) in [5, 5.41) is 20.1.